The average Bonchev–Trinajstić information content (AvgIpc) is 3.30. The summed E-state index contributed by atoms with van der Waals surface area (Å²) < 4.78 is 45.2. The molecule has 0 amide bonds. The van der Waals surface area contributed by atoms with Crippen LogP contribution in [0, 0.1) is 12.7 Å². The predicted octanol–water partition coefficient (Wildman–Crippen LogP) is 4.21. The second-order valence-corrected chi connectivity index (χ2v) is 10.5. The molecular formula is C24H24FN5O3S. The van der Waals surface area contributed by atoms with Crippen LogP contribution in [0.15, 0.2) is 58.0 Å². The lowest BCUT2D eigenvalue weighted by Crippen LogP contribution is -2.15. The highest BCUT2D eigenvalue weighted by Crippen LogP contribution is 2.29. The molecule has 0 bridgehead atoms. The molecule has 2 heterocycles. The summed E-state index contributed by atoms with van der Waals surface area (Å²) in [5, 5.41) is 10.6. The number of hydrogen-bond donors (Lipinski definition) is 1. The molecule has 176 valence electrons. The van der Waals surface area contributed by atoms with Gasteiger partial charge in [0.15, 0.2) is 9.84 Å². The van der Waals surface area contributed by atoms with E-state index in [1.165, 1.54) is 32.2 Å². The zero-order chi connectivity index (χ0) is 24.5. The predicted molar refractivity (Wildman–Crippen MR) is 126 cm³/mol. The van der Waals surface area contributed by atoms with Crippen LogP contribution in [0.5, 0.6) is 0 Å². The monoisotopic (exact) mass is 481 g/mol. The zero-order valence-corrected chi connectivity index (χ0v) is 20.0. The summed E-state index contributed by atoms with van der Waals surface area (Å²) in [6.07, 6.45) is 1.49. The summed E-state index contributed by atoms with van der Waals surface area (Å²) in [7, 11) is -1.86. The van der Waals surface area contributed by atoms with E-state index in [-0.39, 0.29) is 10.8 Å². The van der Waals surface area contributed by atoms with E-state index in [0.717, 1.165) is 23.7 Å². The molecule has 0 saturated heterocycles. The Balaban J connectivity index is 1.67. The van der Waals surface area contributed by atoms with E-state index in [1.54, 1.807) is 6.92 Å². The first kappa shape index (κ1) is 23.7. The Morgan fingerprint density at radius 3 is 2.35 bits per heavy atom. The molecule has 0 unspecified atom stereocenters. The van der Waals surface area contributed by atoms with Crippen LogP contribution in [0.3, 0.4) is 0 Å². The second-order valence-electron chi connectivity index (χ2n) is 8.07. The molecule has 34 heavy (non-hydrogen) atoms. The standard InChI is InChI=1S/C24H24FN5O3S/c1-14(2)34(31,32)21-10-9-18(11-19(21)25)20-13-27-15(3)22(28-20)24-30-29-23(33-24)17-7-5-16(6-8-17)12-26-4/h5-11,13-14,26H,12H2,1-4H3. The van der Waals surface area contributed by atoms with E-state index in [4.69, 9.17) is 4.42 Å². The Hall–Kier alpha value is -3.50. The largest absolute Gasteiger partial charge is 0.415 e. The van der Waals surface area contributed by atoms with E-state index in [9.17, 15) is 12.8 Å². The Bertz CT molecular complexity index is 1430. The minimum atomic E-state index is -3.74. The Labute approximate surface area is 197 Å². The van der Waals surface area contributed by atoms with Crippen molar-refractivity contribution in [3.63, 3.8) is 0 Å². The van der Waals surface area contributed by atoms with Crippen molar-refractivity contribution in [3.8, 4) is 34.3 Å². The first-order valence-corrected chi connectivity index (χ1v) is 12.2. The van der Waals surface area contributed by atoms with Crippen LogP contribution >= 0.6 is 0 Å². The Morgan fingerprint density at radius 1 is 1.03 bits per heavy atom. The molecule has 0 aliphatic carbocycles. The fraction of sp³-hybridized carbons (Fsp3) is 0.250. The van der Waals surface area contributed by atoms with E-state index >= 15 is 0 Å². The number of nitrogens with one attached hydrogen (secondary N) is 1. The highest BCUT2D eigenvalue weighted by molar-refractivity contribution is 7.92. The fourth-order valence-corrected chi connectivity index (χ4v) is 4.44. The molecule has 2 aromatic heterocycles. The number of benzene rings is 2. The van der Waals surface area contributed by atoms with E-state index < -0.39 is 20.9 Å². The van der Waals surface area contributed by atoms with Crippen molar-refractivity contribution in [3.05, 3.63) is 65.7 Å². The van der Waals surface area contributed by atoms with Gasteiger partial charge in [0.05, 0.1) is 22.8 Å². The van der Waals surface area contributed by atoms with Gasteiger partial charge >= 0.3 is 0 Å². The lowest BCUT2D eigenvalue weighted by molar-refractivity contribution is 0.561. The summed E-state index contributed by atoms with van der Waals surface area (Å²) >= 11 is 0. The molecule has 0 fully saturated rings. The number of nitrogens with zero attached hydrogens (tertiary/aromatic N) is 4. The van der Waals surface area contributed by atoms with Gasteiger partial charge in [-0.2, -0.15) is 0 Å². The van der Waals surface area contributed by atoms with Crippen molar-refractivity contribution in [1.82, 2.24) is 25.5 Å². The summed E-state index contributed by atoms with van der Waals surface area (Å²) in [6, 6.07) is 11.6. The fourth-order valence-electron chi connectivity index (χ4n) is 3.34. The molecule has 1 N–H and O–H groups in total. The normalized spacial score (nSPS) is 11.8. The molecule has 0 atom stereocenters. The molecule has 2 aromatic carbocycles. The van der Waals surface area contributed by atoms with Gasteiger partial charge in [0.1, 0.15) is 16.4 Å². The molecule has 10 heteroatoms. The van der Waals surface area contributed by atoms with Gasteiger partial charge in [-0.1, -0.05) is 18.2 Å². The maximum atomic E-state index is 14.7. The Morgan fingerprint density at radius 2 is 1.71 bits per heavy atom. The molecule has 0 saturated carbocycles. The third-order valence-corrected chi connectivity index (χ3v) is 7.50. The number of sulfone groups is 1. The molecule has 0 aliphatic heterocycles. The number of aromatic nitrogens is 4. The molecule has 0 radical (unpaired) electrons. The van der Waals surface area contributed by atoms with Crippen LogP contribution < -0.4 is 5.32 Å². The summed E-state index contributed by atoms with van der Waals surface area (Å²) in [5.74, 6) is -0.315. The topological polar surface area (TPSA) is 111 Å². The minimum Gasteiger partial charge on any atom is -0.415 e. The van der Waals surface area contributed by atoms with Gasteiger partial charge in [0, 0.05) is 17.7 Å². The number of rotatable bonds is 7. The third-order valence-electron chi connectivity index (χ3n) is 5.32. The Kier molecular flexibility index (Phi) is 6.54. The highest BCUT2D eigenvalue weighted by Gasteiger charge is 2.24. The maximum Gasteiger partial charge on any atom is 0.268 e. The van der Waals surface area contributed by atoms with Crippen LogP contribution in [0.4, 0.5) is 4.39 Å². The molecule has 4 rings (SSSR count). The van der Waals surface area contributed by atoms with Crippen LogP contribution in [0.1, 0.15) is 25.1 Å². The van der Waals surface area contributed by atoms with Gasteiger partial charge in [0.2, 0.25) is 5.89 Å². The van der Waals surface area contributed by atoms with E-state index in [0.29, 0.717) is 28.5 Å². The van der Waals surface area contributed by atoms with E-state index in [1.807, 2.05) is 31.3 Å². The van der Waals surface area contributed by atoms with Crippen molar-refractivity contribution < 1.29 is 17.2 Å². The zero-order valence-electron chi connectivity index (χ0n) is 19.2. The van der Waals surface area contributed by atoms with Gasteiger partial charge in [-0.05, 0) is 57.6 Å². The first-order chi connectivity index (χ1) is 16.2. The van der Waals surface area contributed by atoms with Gasteiger partial charge < -0.3 is 9.73 Å². The highest BCUT2D eigenvalue weighted by atomic mass is 32.2. The quantitative estimate of drug-likeness (QED) is 0.418. The summed E-state index contributed by atoms with van der Waals surface area (Å²) in [5.41, 5.74) is 3.55. The molecule has 0 aliphatic rings. The van der Waals surface area contributed by atoms with Crippen LogP contribution in [-0.4, -0.2) is 40.9 Å². The summed E-state index contributed by atoms with van der Waals surface area (Å²) in [6.45, 7) is 5.52. The van der Waals surface area contributed by atoms with Crippen LogP contribution in [0.2, 0.25) is 0 Å². The lowest BCUT2D eigenvalue weighted by Gasteiger charge is -2.10. The smallest absolute Gasteiger partial charge is 0.268 e. The number of halogens is 1. The van der Waals surface area contributed by atoms with Gasteiger partial charge in [-0.25, -0.2) is 17.8 Å². The van der Waals surface area contributed by atoms with Crippen molar-refractivity contribution in [1.29, 1.82) is 0 Å². The molecule has 0 spiro atoms. The second kappa shape index (κ2) is 9.40. The van der Waals surface area contributed by atoms with Gasteiger partial charge in [0.25, 0.3) is 5.89 Å². The van der Waals surface area contributed by atoms with Gasteiger partial charge in [-0.15, -0.1) is 10.2 Å². The summed E-state index contributed by atoms with van der Waals surface area (Å²) in [4.78, 5) is 8.54. The lowest BCUT2D eigenvalue weighted by atomic mass is 10.1. The van der Waals surface area contributed by atoms with Crippen molar-refractivity contribution in [2.45, 2.75) is 37.5 Å². The maximum absolute atomic E-state index is 14.7. The van der Waals surface area contributed by atoms with Crippen LogP contribution in [-0.2, 0) is 16.4 Å². The number of hydrogen-bond acceptors (Lipinski definition) is 8. The van der Waals surface area contributed by atoms with Crippen LogP contribution in [0.25, 0.3) is 34.3 Å². The van der Waals surface area contributed by atoms with Crippen molar-refractivity contribution in [2.24, 2.45) is 0 Å². The molecular weight excluding hydrogens is 457 g/mol. The van der Waals surface area contributed by atoms with Crippen molar-refractivity contribution in [2.75, 3.05) is 7.05 Å². The van der Waals surface area contributed by atoms with E-state index in [2.05, 4.69) is 25.5 Å². The van der Waals surface area contributed by atoms with Crippen molar-refractivity contribution >= 4 is 9.84 Å². The molecule has 8 nitrogen and oxygen atoms in total. The SMILES string of the molecule is CNCc1ccc(-c2nnc(-c3nc(-c4ccc(S(=O)(=O)C(C)C)c(F)c4)cnc3C)o2)cc1. The van der Waals surface area contributed by atoms with Gasteiger partial charge in [-0.3, -0.25) is 4.98 Å². The average molecular weight is 482 g/mol. The third kappa shape index (κ3) is 4.59. The number of aryl methyl sites for hydroxylation is 1. The first-order valence-electron chi connectivity index (χ1n) is 10.7. The molecule has 4 aromatic rings. The minimum absolute atomic E-state index is 0.181.